The zero-order valence-electron chi connectivity index (χ0n) is 12.4. The average Bonchev–Trinajstić information content (AvgIpc) is 2.63. The molecule has 0 fully saturated rings. The molecule has 1 aromatic carbocycles. The minimum absolute atomic E-state index is 0.445. The number of aromatic nitrogens is 2. The van der Waals surface area contributed by atoms with Crippen LogP contribution in [0.1, 0.15) is 16.2 Å². The largest absolute Gasteiger partial charge is 0.380 e. The Kier molecular flexibility index (Phi) is 2.94. The van der Waals surface area contributed by atoms with Crippen molar-refractivity contribution >= 4 is 34.0 Å². The van der Waals surface area contributed by atoms with E-state index in [9.17, 15) is 38.7 Å². The minimum Gasteiger partial charge on any atom is -0.380 e. The Morgan fingerprint density at radius 2 is 1.19 bits per heavy atom. The SMILES string of the molecule is O=C1C=CC(=O)C2=C1c1nc3c(=O)c(=O)c(=O)c(=O)c3nc1C(=O)[C@@H]2O. The van der Waals surface area contributed by atoms with Crippen LogP contribution in [0.3, 0.4) is 0 Å². The van der Waals surface area contributed by atoms with E-state index in [1.807, 2.05) is 0 Å². The fourth-order valence-electron chi connectivity index (χ4n) is 2.88. The van der Waals surface area contributed by atoms with Crippen LogP contribution in [0.4, 0.5) is 0 Å². The first kappa shape index (κ1) is 15.7. The number of aliphatic hydroxyl groups excluding tert-OH is 1. The molecule has 10 heteroatoms. The van der Waals surface area contributed by atoms with E-state index < -0.39 is 78.7 Å². The zero-order chi connectivity index (χ0) is 18.9. The van der Waals surface area contributed by atoms with Gasteiger partial charge in [-0.15, -0.1) is 0 Å². The number of carbonyl (C=O) groups excluding carboxylic acids is 3. The summed E-state index contributed by atoms with van der Waals surface area (Å²) in [6.07, 6.45) is -0.264. The van der Waals surface area contributed by atoms with Crippen molar-refractivity contribution in [3.8, 4) is 0 Å². The molecule has 1 N–H and O–H groups in total. The highest BCUT2D eigenvalue weighted by Crippen LogP contribution is 2.33. The first-order valence-corrected chi connectivity index (χ1v) is 7.07. The van der Waals surface area contributed by atoms with E-state index in [1.54, 1.807) is 0 Å². The highest BCUT2D eigenvalue weighted by molar-refractivity contribution is 6.39. The Bertz CT molecular complexity index is 1370. The fourth-order valence-corrected chi connectivity index (χ4v) is 2.88. The van der Waals surface area contributed by atoms with E-state index in [1.165, 1.54) is 0 Å². The van der Waals surface area contributed by atoms with E-state index in [2.05, 4.69) is 9.97 Å². The molecule has 2 aromatic rings. The lowest BCUT2D eigenvalue weighted by Gasteiger charge is -2.24. The van der Waals surface area contributed by atoms with Crippen molar-refractivity contribution < 1.29 is 19.5 Å². The Labute approximate surface area is 140 Å². The van der Waals surface area contributed by atoms with Gasteiger partial charge in [0.05, 0.1) is 5.57 Å². The first-order chi connectivity index (χ1) is 12.2. The van der Waals surface area contributed by atoms with Crippen molar-refractivity contribution in [1.82, 2.24) is 9.97 Å². The summed E-state index contributed by atoms with van der Waals surface area (Å²) < 4.78 is 0. The molecule has 0 saturated heterocycles. The maximum atomic E-state index is 12.3. The van der Waals surface area contributed by atoms with Gasteiger partial charge in [0.15, 0.2) is 11.6 Å². The number of allylic oxidation sites excluding steroid dienone is 3. The van der Waals surface area contributed by atoms with Crippen LogP contribution in [0, 0.1) is 0 Å². The standard InChI is InChI=1S/C16H4N2O8/c19-3-1-2-4(20)6-5(3)7-8(12(22)11(6)21)18-10-9(17-7)13(23)15(25)16(26)14(10)24/h1-2,11,21H/t11-/m1/s1. The molecule has 0 bridgehead atoms. The first-order valence-electron chi connectivity index (χ1n) is 7.07. The molecule has 1 atom stereocenters. The molecule has 0 radical (unpaired) electrons. The van der Waals surface area contributed by atoms with Gasteiger partial charge in [-0.3, -0.25) is 33.6 Å². The third-order valence-corrected chi connectivity index (χ3v) is 4.10. The molecule has 2 aliphatic carbocycles. The molecular weight excluding hydrogens is 348 g/mol. The van der Waals surface area contributed by atoms with Gasteiger partial charge in [0.2, 0.25) is 5.78 Å². The van der Waals surface area contributed by atoms with Crippen molar-refractivity contribution in [2.24, 2.45) is 0 Å². The fraction of sp³-hybridized carbons (Fsp3) is 0.0625. The molecule has 4 rings (SSSR count). The number of carbonyl (C=O) groups is 3. The summed E-state index contributed by atoms with van der Waals surface area (Å²) in [6.45, 7) is 0. The van der Waals surface area contributed by atoms with Crippen LogP contribution in [-0.2, 0) is 9.59 Å². The van der Waals surface area contributed by atoms with Crippen LogP contribution in [0.2, 0.25) is 0 Å². The number of hydrogen-bond acceptors (Lipinski definition) is 10. The second kappa shape index (κ2) is 4.86. The van der Waals surface area contributed by atoms with E-state index in [4.69, 9.17) is 0 Å². The third-order valence-electron chi connectivity index (χ3n) is 4.10. The molecule has 26 heavy (non-hydrogen) atoms. The highest BCUT2D eigenvalue weighted by atomic mass is 16.3. The van der Waals surface area contributed by atoms with Gasteiger partial charge in [-0.05, 0) is 12.2 Å². The molecule has 0 aliphatic heterocycles. The number of aliphatic hydroxyl groups is 1. The lowest BCUT2D eigenvalue weighted by Crippen LogP contribution is -2.47. The second-order valence-corrected chi connectivity index (χ2v) is 5.55. The summed E-state index contributed by atoms with van der Waals surface area (Å²) in [7, 11) is 0. The number of ketones is 3. The lowest BCUT2D eigenvalue weighted by molar-refractivity contribution is -0.114. The molecule has 126 valence electrons. The molecule has 0 spiro atoms. The summed E-state index contributed by atoms with van der Waals surface area (Å²) in [5.74, 6) is -2.71. The lowest BCUT2D eigenvalue weighted by atomic mass is 9.81. The zero-order valence-corrected chi connectivity index (χ0v) is 12.4. The van der Waals surface area contributed by atoms with E-state index in [0.29, 0.717) is 0 Å². The Balaban J connectivity index is 2.24. The van der Waals surface area contributed by atoms with E-state index >= 15 is 0 Å². The van der Waals surface area contributed by atoms with Gasteiger partial charge in [0, 0.05) is 5.57 Å². The van der Waals surface area contributed by atoms with Gasteiger partial charge < -0.3 is 5.11 Å². The topological polar surface area (TPSA) is 165 Å². The molecule has 0 amide bonds. The number of fused-ring (bicyclic) bond motifs is 3. The van der Waals surface area contributed by atoms with Crippen LogP contribution in [0.15, 0.2) is 36.9 Å². The van der Waals surface area contributed by atoms with Crippen LogP contribution >= 0.6 is 0 Å². The van der Waals surface area contributed by atoms with Crippen molar-refractivity contribution in [2.75, 3.05) is 0 Å². The van der Waals surface area contributed by atoms with Gasteiger partial charge in [-0.25, -0.2) is 9.97 Å². The van der Waals surface area contributed by atoms with Crippen molar-refractivity contribution in [3.63, 3.8) is 0 Å². The highest BCUT2D eigenvalue weighted by Gasteiger charge is 2.42. The summed E-state index contributed by atoms with van der Waals surface area (Å²) in [5, 5.41) is 10.1. The van der Waals surface area contributed by atoms with Crippen LogP contribution in [0.25, 0.3) is 16.6 Å². The normalized spacial score (nSPS) is 19.1. The summed E-state index contributed by atoms with van der Waals surface area (Å²) in [5.41, 5.74) is -9.78. The monoisotopic (exact) mass is 352 g/mol. The molecule has 1 aromatic heterocycles. The number of Topliss-reactive ketones (excluding diaryl/α,β-unsaturated/α-hetero) is 1. The molecular formula is C16H4N2O8. The van der Waals surface area contributed by atoms with Gasteiger partial charge in [-0.2, -0.15) is 0 Å². The molecule has 0 unspecified atom stereocenters. The predicted molar refractivity (Wildman–Crippen MR) is 83.4 cm³/mol. The number of benzene rings is 1. The second-order valence-electron chi connectivity index (χ2n) is 5.55. The Hall–Kier alpha value is -3.79. The van der Waals surface area contributed by atoms with Gasteiger partial charge in [0.1, 0.15) is 28.5 Å². The van der Waals surface area contributed by atoms with Gasteiger partial charge >= 0.3 is 0 Å². The molecule has 1 heterocycles. The quantitative estimate of drug-likeness (QED) is 0.380. The number of hydrogen-bond donors (Lipinski definition) is 1. The minimum atomic E-state index is -2.02. The summed E-state index contributed by atoms with van der Waals surface area (Å²) in [6, 6.07) is 0. The van der Waals surface area contributed by atoms with Crippen LogP contribution in [0.5, 0.6) is 0 Å². The van der Waals surface area contributed by atoms with Gasteiger partial charge in [-0.1, -0.05) is 0 Å². The van der Waals surface area contributed by atoms with E-state index in [-0.39, 0.29) is 0 Å². The van der Waals surface area contributed by atoms with Gasteiger partial charge in [0.25, 0.3) is 21.7 Å². The van der Waals surface area contributed by atoms with Crippen molar-refractivity contribution in [1.29, 1.82) is 0 Å². The van der Waals surface area contributed by atoms with Crippen LogP contribution in [-0.4, -0.2) is 38.5 Å². The molecule has 0 saturated carbocycles. The predicted octanol–water partition coefficient (Wildman–Crippen LogP) is -3.03. The maximum absolute atomic E-state index is 12.3. The van der Waals surface area contributed by atoms with E-state index in [0.717, 1.165) is 12.2 Å². The average molecular weight is 352 g/mol. The third kappa shape index (κ3) is 1.75. The van der Waals surface area contributed by atoms with Crippen LogP contribution < -0.4 is 21.7 Å². The maximum Gasteiger partial charge on any atom is 0.279 e. The van der Waals surface area contributed by atoms with Crippen molar-refractivity contribution in [3.05, 3.63) is 70.0 Å². The summed E-state index contributed by atoms with van der Waals surface area (Å²) in [4.78, 5) is 90.7. The Morgan fingerprint density at radius 1 is 0.692 bits per heavy atom. The van der Waals surface area contributed by atoms with Crippen molar-refractivity contribution in [2.45, 2.75) is 6.10 Å². The summed E-state index contributed by atoms with van der Waals surface area (Å²) >= 11 is 0. The number of rotatable bonds is 0. The smallest absolute Gasteiger partial charge is 0.279 e. The molecule has 2 aliphatic rings. The molecule has 10 nitrogen and oxygen atoms in total. The number of nitrogens with zero attached hydrogens (tertiary/aromatic N) is 2. The Morgan fingerprint density at radius 3 is 1.77 bits per heavy atom.